The zero-order chi connectivity index (χ0) is 13.8. The van der Waals surface area contributed by atoms with Crippen LogP contribution in [0.1, 0.15) is 12.5 Å². The minimum atomic E-state index is -0.424. The maximum absolute atomic E-state index is 11.6. The fourth-order valence-corrected chi connectivity index (χ4v) is 1.71. The largest absolute Gasteiger partial charge is 0.364 e. The van der Waals surface area contributed by atoms with Gasteiger partial charge in [-0.05, 0) is 6.92 Å². The Morgan fingerprint density at radius 1 is 1.47 bits per heavy atom. The van der Waals surface area contributed by atoms with Crippen molar-refractivity contribution < 1.29 is 0 Å². The van der Waals surface area contributed by atoms with E-state index >= 15 is 0 Å². The Bertz CT molecular complexity index is 694. The van der Waals surface area contributed by atoms with E-state index in [0.717, 1.165) is 0 Å². The second-order valence-electron chi connectivity index (χ2n) is 3.77. The number of H-pyrrole nitrogens is 1. The lowest BCUT2D eigenvalue weighted by Gasteiger charge is -2.07. The van der Waals surface area contributed by atoms with Gasteiger partial charge in [0.15, 0.2) is 0 Å². The molecule has 2 rings (SSSR count). The maximum atomic E-state index is 11.6. The quantitative estimate of drug-likeness (QED) is 0.857. The van der Waals surface area contributed by atoms with E-state index in [-0.39, 0.29) is 6.54 Å². The molecular weight excluding hydrogens is 270 g/mol. The van der Waals surface area contributed by atoms with Gasteiger partial charge in [0.2, 0.25) is 0 Å². The lowest BCUT2D eigenvalue weighted by Crippen LogP contribution is -2.32. The molecule has 0 spiro atoms. The molecule has 0 aromatic carbocycles. The minimum absolute atomic E-state index is 0.215. The van der Waals surface area contributed by atoms with Gasteiger partial charge in [-0.3, -0.25) is 9.78 Å². The van der Waals surface area contributed by atoms with Crippen molar-refractivity contribution in [1.82, 2.24) is 19.5 Å². The van der Waals surface area contributed by atoms with Crippen LogP contribution in [0.15, 0.2) is 28.3 Å². The first kappa shape index (κ1) is 13.3. The van der Waals surface area contributed by atoms with Crippen molar-refractivity contribution in [2.24, 2.45) is 0 Å². The van der Waals surface area contributed by atoms with Crippen molar-refractivity contribution in [2.75, 3.05) is 5.32 Å². The molecule has 7 nitrogen and oxygen atoms in total. The summed E-state index contributed by atoms with van der Waals surface area (Å²) in [5, 5.41) is 3.29. The summed E-state index contributed by atoms with van der Waals surface area (Å²) in [5.41, 5.74) is -0.417. The van der Waals surface area contributed by atoms with Crippen LogP contribution in [0, 0.1) is 0 Å². The average molecular weight is 282 g/mol. The normalized spacial score (nSPS) is 10.4. The summed E-state index contributed by atoms with van der Waals surface area (Å²) in [7, 11) is 0. The monoisotopic (exact) mass is 281 g/mol. The van der Waals surface area contributed by atoms with Crippen LogP contribution in [0.25, 0.3) is 0 Å². The second-order valence-corrected chi connectivity index (χ2v) is 4.18. The third-order valence-corrected chi connectivity index (χ3v) is 2.82. The number of nitrogens with one attached hydrogen (secondary N) is 2. The van der Waals surface area contributed by atoms with Crippen LogP contribution in [0.5, 0.6) is 0 Å². The molecule has 0 saturated heterocycles. The van der Waals surface area contributed by atoms with Crippen molar-refractivity contribution in [2.45, 2.75) is 20.0 Å². The first-order chi connectivity index (χ1) is 9.11. The number of hydrogen-bond acceptors (Lipinski definition) is 5. The highest BCUT2D eigenvalue weighted by atomic mass is 35.5. The lowest BCUT2D eigenvalue weighted by atomic mass is 10.3. The highest BCUT2D eigenvalue weighted by molar-refractivity contribution is 6.32. The summed E-state index contributed by atoms with van der Waals surface area (Å²) in [6.07, 6.45) is 4.32. The summed E-state index contributed by atoms with van der Waals surface area (Å²) >= 11 is 5.89. The maximum Gasteiger partial charge on any atom is 0.328 e. The van der Waals surface area contributed by atoms with Crippen LogP contribution in [-0.4, -0.2) is 19.5 Å². The molecule has 19 heavy (non-hydrogen) atoms. The first-order valence-corrected chi connectivity index (χ1v) is 6.01. The van der Waals surface area contributed by atoms with Crippen molar-refractivity contribution in [3.8, 4) is 0 Å². The van der Waals surface area contributed by atoms with E-state index < -0.39 is 11.2 Å². The molecule has 0 atom stereocenters. The van der Waals surface area contributed by atoms with E-state index in [1.165, 1.54) is 23.3 Å². The number of hydrogen-bond donors (Lipinski definition) is 2. The highest BCUT2D eigenvalue weighted by Gasteiger charge is 2.06. The molecule has 8 heteroatoms. The Balaban J connectivity index is 2.23. The van der Waals surface area contributed by atoms with Gasteiger partial charge in [0.05, 0.1) is 11.8 Å². The smallest absolute Gasteiger partial charge is 0.328 e. The molecule has 0 aliphatic rings. The van der Waals surface area contributed by atoms with Gasteiger partial charge >= 0.3 is 5.69 Å². The van der Waals surface area contributed by atoms with Crippen molar-refractivity contribution >= 4 is 17.4 Å². The van der Waals surface area contributed by atoms with Crippen LogP contribution < -0.4 is 16.6 Å². The van der Waals surface area contributed by atoms with Crippen molar-refractivity contribution in [1.29, 1.82) is 0 Å². The molecule has 0 bridgehead atoms. The van der Waals surface area contributed by atoms with Crippen molar-refractivity contribution in [3.05, 3.63) is 50.1 Å². The standard InChI is InChI=1S/C11H12ClN5O2/c1-2-17-5-7(10(18)16-11(17)19)3-14-9-8(12)4-13-6-15-9/h4-6H,2-3H2,1H3,(H,13,14,15)(H,16,18,19). The van der Waals surface area contributed by atoms with E-state index in [0.29, 0.717) is 22.9 Å². The number of aryl methyl sites for hydroxylation is 1. The van der Waals surface area contributed by atoms with E-state index in [1.54, 1.807) is 0 Å². The topological polar surface area (TPSA) is 92.7 Å². The molecule has 0 saturated carbocycles. The average Bonchev–Trinajstić information content (AvgIpc) is 2.39. The van der Waals surface area contributed by atoms with Crippen molar-refractivity contribution in [3.63, 3.8) is 0 Å². The van der Waals surface area contributed by atoms with Gasteiger partial charge in [-0.15, -0.1) is 0 Å². The zero-order valence-electron chi connectivity index (χ0n) is 10.2. The summed E-state index contributed by atoms with van der Waals surface area (Å²) in [6, 6.07) is 0. The summed E-state index contributed by atoms with van der Waals surface area (Å²) < 4.78 is 1.42. The molecule has 0 amide bonds. The molecule has 2 aromatic heterocycles. The van der Waals surface area contributed by atoms with Crippen LogP contribution in [0.4, 0.5) is 5.82 Å². The molecule has 0 unspecified atom stereocenters. The Morgan fingerprint density at radius 3 is 2.95 bits per heavy atom. The third kappa shape index (κ3) is 3.00. The van der Waals surface area contributed by atoms with E-state index in [4.69, 9.17) is 11.6 Å². The molecule has 0 aliphatic carbocycles. The Hall–Kier alpha value is -2.15. The van der Waals surface area contributed by atoms with Gasteiger partial charge in [0, 0.05) is 19.3 Å². The van der Waals surface area contributed by atoms with E-state index in [2.05, 4.69) is 20.3 Å². The number of nitrogens with zero attached hydrogens (tertiary/aromatic N) is 3. The third-order valence-electron chi connectivity index (χ3n) is 2.54. The van der Waals surface area contributed by atoms with E-state index in [9.17, 15) is 9.59 Å². The number of aromatic nitrogens is 4. The molecule has 2 N–H and O–H groups in total. The number of halogens is 1. The van der Waals surface area contributed by atoms with Crippen LogP contribution in [-0.2, 0) is 13.1 Å². The lowest BCUT2D eigenvalue weighted by molar-refractivity contribution is 0.683. The van der Waals surface area contributed by atoms with Crippen LogP contribution in [0.2, 0.25) is 5.02 Å². The second kappa shape index (κ2) is 5.66. The predicted molar refractivity (Wildman–Crippen MR) is 71.4 cm³/mol. The first-order valence-electron chi connectivity index (χ1n) is 5.64. The minimum Gasteiger partial charge on any atom is -0.364 e. The van der Waals surface area contributed by atoms with E-state index in [1.807, 2.05) is 6.92 Å². The van der Waals surface area contributed by atoms with Crippen LogP contribution >= 0.6 is 11.6 Å². The number of aromatic amines is 1. The van der Waals surface area contributed by atoms with Gasteiger partial charge in [0.25, 0.3) is 5.56 Å². The molecule has 0 fully saturated rings. The van der Waals surface area contributed by atoms with Gasteiger partial charge in [0.1, 0.15) is 17.2 Å². The van der Waals surface area contributed by atoms with Gasteiger partial charge in [-0.25, -0.2) is 14.8 Å². The molecule has 0 aliphatic heterocycles. The van der Waals surface area contributed by atoms with Gasteiger partial charge < -0.3 is 9.88 Å². The summed E-state index contributed by atoms with van der Waals surface area (Å²) in [5.74, 6) is 0.435. The fourth-order valence-electron chi connectivity index (χ4n) is 1.54. The van der Waals surface area contributed by atoms with Gasteiger partial charge in [-0.1, -0.05) is 11.6 Å². The Morgan fingerprint density at radius 2 is 2.26 bits per heavy atom. The highest BCUT2D eigenvalue weighted by Crippen LogP contribution is 2.16. The van der Waals surface area contributed by atoms with Gasteiger partial charge in [-0.2, -0.15) is 0 Å². The Labute approximate surface area is 113 Å². The Kier molecular flexibility index (Phi) is 3.96. The number of rotatable bonds is 4. The molecular formula is C11H12ClN5O2. The van der Waals surface area contributed by atoms with Crippen LogP contribution in [0.3, 0.4) is 0 Å². The molecule has 0 radical (unpaired) electrons. The number of anilines is 1. The molecule has 2 aromatic rings. The summed E-state index contributed by atoms with van der Waals surface area (Å²) in [4.78, 5) is 33.0. The zero-order valence-corrected chi connectivity index (χ0v) is 10.9. The molecule has 2 heterocycles. The summed E-state index contributed by atoms with van der Waals surface area (Å²) in [6.45, 7) is 2.52. The fraction of sp³-hybridized carbons (Fsp3) is 0.273. The SMILES string of the molecule is CCn1cc(CNc2ncncc2Cl)c(=O)[nH]c1=O. The molecule has 100 valence electrons. The predicted octanol–water partition coefficient (Wildman–Crippen LogP) is 0.612.